The van der Waals surface area contributed by atoms with Crippen LogP contribution in [0.2, 0.25) is 0 Å². The normalized spacial score (nSPS) is 21.7. The van der Waals surface area contributed by atoms with E-state index in [0.29, 0.717) is 5.41 Å². The Hall–Kier alpha value is -1.18. The fourth-order valence-electron chi connectivity index (χ4n) is 2.07. The summed E-state index contributed by atoms with van der Waals surface area (Å²) < 4.78 is 0. The number of aromatic nitrogens is 2. The summed E-state index contributed by atoms with van der Waals surface area (Å²) in [5.41, 5.74) is 5.31. The molecule has 0 atom stereocenters. The van der Waals surface area contributed by atoms with Gasteiger partial charge in [0.25, 0.3) is 0 Å². The minimum Gasteiger partial charge on any atom is -0.257 e. The van der Waals surface area contributed by atoms with Gasteiger partial charge in [0.1, 0.15) is 0 Å². The summed E-state index contributed by atoms with van der Waals surface area (Å²) in [6.07, 6.45) is 7.82. The molecule has 0 unspecified atom stereocenters. The fourth-order valence-corrected chi connectivity index (χ4v) is 2.07. The van der Waals surface area contributed by atoms with Gasteiger partial charge in [0.05, 0.1) is 17.1 Å². The lowest BCUT2D eigenvalue weighted by atomic mass is 9.97. The van der Waals surface area contributed by atoms with E-state index < -0.39 is 0 Å². The van der Waals surface area contributed by atoms with Crippen molar-refractivity contribution in [1.29, 1.82) is 0 Å². The van der Waals surface area contributed by atoms with Gasteiger partial charge in [-0.05, 0) is 31.3 Å². The molecule has 0 amide bonds. The van der Waals surface area contributed by atoms with E-state index >= 15 is 0 Å². The first-order valence-electron chi connectivity index (χ1n) is 5.21. The molecule has 1 aromatic heterocycles. The number of hydrogen-bond donors (Lipinski definition) is 0. The molecule has 0 aromatic carbocycles. The maximum Gasteiger partial charge on any atom is 0.0851 e. The maximum absolute atomic E-state index is 4.51. The molecule has 0 radical (unpaired) electrons. The van der Waals surface area contributed by atoms with Crippen molar-refractivity contribution in [3.05, 3.63) is 28.9 Å². The van der Waals surface area contributed by atoms with Crippen LogP contribution in [0.1, 0.15) is 36.8 Å². The molecule has 14 heavy (non-hydrogen) atoms. The first-order chi connectivity index (χ1) is 6.67. The molecule has 1 fully saturated rings. The highest BCUT2D eigenvalue weighted by atomic mass is 14.8. The lowest BCUT2D eigenvalue weighted by Gasteiger charge is -2.07. The van der Waals surface area contributed by atoms with Crippen molar-refractivity contribution in [2.45, 2.75) is 33.1 Å². The average molecular weight is 186 g/mol. The summed E-state index contributed by atoms with van der Waals surface area (Å²) >= 11 is 0. The SMILES string of the molecule is Cc1cnc2c(n1)C=C(C1(C)CC1)C2. The zero-order valence-electron chi connectivity index (χ0n) is 8.67. The predicted octanol–water partition coefficient (Wildman–Crippen LogP) is 2.52. The van der Waals surface area contributed by atoms with Gasteiger partial charge in [0, 0.05) is 12.6 Å². The highest BCUT2D eigenvalue weighted by Crippen LogP contribution is 2.54. The van der Waals surface area contributed by atoms with Crippen LogP contribution in [0, 0.1) is 12.3 Å². The number of rotatable bonds is 1. The topological polar surface area (TPSA) is 25.8 Å². The summed E-state index contributed by atoms with van der Waals surface area (Å²) in [6.45, 7) is 4.34. The van der Waals surface area contributed by atoms with Crippen LogP contribution in [0.3, 0.4) is 0 Å². The van der Waals surface area contributed by atoms with Gasteiger partial charge in [-0.1, -0.05) is 12.5 Å². The molecule has 1 aromatic rings. The number of hydrogen-bond acceptors (Lipinski definition) is 2. The Morgan fingerprint density at radius 1 is 1.36 bits per heavy atom. The van der Waals surface area contributed by atoms with Crippen LogP contribution in [0.4, 0.5) is 0 Å². The molecule has 0 aliphatic heterocycles. The van der Waals surface area contributed by atoms with E-state index in [1.807, 2.05) is 13.1 Å². The molecule has 2 nitrogen and oxygen atoms in total. The van der Waals surface area contributed by atoms with Crippen molar-refractivity contribution in [3.8, 4) is 0 Å². The molecule has 72 valence electrons. The number of nitrogens with zero attached hydrogens (tertiary/aromatic N) is 2. The van der Waals surface area contributed by atoms with Gasteiger partial charge in [-0.25, -0.2) is 0 Å². The van der Waals surface area contributed by atoms with Crippen molar-refractivity contribution in [2.75, 3.05) is 0 Å². The summed E-state index contributed by atoms with van der Waals surface area (Å²) in [4.78, 5) is 8.94. The number of aryl methyl sites for hydroxylation is 1. The third-order valence-corrected chi connectivity index (χ3v) is 3.44. The molecule has 1 saturated carbocycles. The van der Waals surface area contributed by atoms with Crippen LogP contribution in [0.5, 0.6) is 0 Å². The summed E-state index contributed by atoms with van der Waals surface area (Å²) in [5, 5.41) is 0. The summed E-state index contributed by atoms with van der Waals surface area (Å²) in [5.74, 6) is 0. The van der Waals surface area contributed by atoms with Crippen molar-refractivity contribution in [3.63, 3.8) is 0 Å². The molecule has 2 heteroatoms. The number of allylic oxidation sites excluding steroid dienone is 1. The highest BCUT2D eigenvalue weighted by molar-refractivity contribution is 5.61. The Morgan fingerprint density at radius 2 is 2.14 bits per heavy atom. The van der Waals surface area contributed by atoms with Gasteiger partial charge in [0.2, 0.25) is 0 Å². The van der Waals surface area contributed by atoms with Crippen LogP contribution < -0.4 is 0 Å². The Labute approximate surface area is 84.1 Å². The molecular weight excluding hydrogens is 172 g/mol. The zero-order chi connectivity index (χ0) is 9.76. The van der Waals surface area contributed by atoms with E-state index in [2.05, 4.69) is 23.0 Å². The Bertz CT molecular complexity index is 428. The molecule has 0 spiro atoms. The average Bonchev–Trinajstić information content (AvgIpc) is 2.77. The monoisotopic (exact) mass is 186 g/mol. The van der Waals surface area contributed by atoms with Gasteiger partial charge in [0.15, 0.2) is 0 Å². The lowest BCUT2D eigenvalue weighted by molar-refractivity contribution is 0.674. The second kappa shape index (κ2) is 2.44. The van der Waals surface area contributed by atoms with Gasteiger partial charge in [-0.15, -0.1) is 0 Å². The largest absolute Gasteiger partial charge is 0.257 e. The molecule has 0 saturated heterocycles. The third kappa shape index (κ3) is 1.10. The first-order valence-corrected chi connectivity index (χ1v) is 5.21. The van der Waals surface area contributed by atoms with E-state index in [1.54, 1.807) is 0 Å². The molecule has 0 N–H and O–H groups in total. The quantitative estimate of drug-likeness (QED) is 0.673. The first kappa shape index (κ1) is 8.16. The predicted molar refractivity (Wildman–Crippen MR) is 55.8 cm³/mol. The molecule has 1 heterocycles. The maximum atomic E-state index is 4.51. The fraction of sp³-hybridized carbons (Fsp3) is 0.500. The molecule has 0 bridgehead atoms. The Balaban J connectivity index is 2.01. The molecule has 2 aliphatic carbocycles. The van der Waals surface area contributed by atoms with E-state index in [1.165, 1.54) is 24.1 Å². The van der Waals surface area contributed by atoms with Crippen LogP contribution in [-0.2, 0) is 6.42 Å². The van der Waals surface area contributed by atoms with Gasteiger partial charge in [-0.2, -0.15) is 0 Å². The van der Waals surface area contributed by atoms with Crippen LogP contribution in [0.15, 0.2) is 11.8 Å². The van der Waals surface area contributed by atoms with Crippen molar-refractivity contribution in [1.82, 2.24) is 9.97 Å². The van der Waals surface area contributed by atoms with E-state index in [0.717, 1.165) is 17.8 Å². The zero-order valence-corrected chi connectivity index (χ0v) is 8.67. The van der Waals surface area contributed by atoms with Gasteiger partial charge < -0.3 is 0 Å². The van der Waals surface area contributed by atoms with Crippen LogP contribution >= 0.6 is 0 Å². The highest BCUT2D eigenvalue weighted by Gasteiger charge is 2.42. The second-order valence-electron chi connectivity index (χ2n) is 4.75. The third-order valence-electron chi connectivity index (χ3n) is 3.44. The van der Waals surface area contributed by atoms with E-state index in [-0.39, 0.29) is 0 Å². The summed E-state index contributed by atoms with van der Waals surface area (Å²) in [7, 11) is 0. The van der Waals surface area contributed by atoms with Crippen molar-refractivity contribution >= 4 is 6.08 Å². The van der Waals surface area contributed by atoms with E-state index in [9.17, 15) is 0 Å². The van der Waals surface area contributed by atoms with E-state index in [4.69, 9.17) is 0 Å². The van der Waals surface area contributed by atoms with Gasteiger partial charge in [-0.3, -0.25) is 9.97 Å². The Morgan fingerprint density at radius 3 is 2.86 bits per heavy atom. The number of fused-ring (bicyclic) bond motifs is 1. The minimum atomic E-state index is 0.482. The molecule has 2 aliphatic rings. The molecule has 3 rings (SSSR count). The van der Waals surface area contributed by atoms with Crippen molar-refractivity contribution in [2.24, 2.45) is 5.41 Å². The van der Waals surface area contributed by atoms with Gasteiger partial charge >= 0.3 is 0 Å². The van der Waals surface area contributed by atoms with Crippen LogP contribution in [0.25, 0.3) is 6.08 Å². The summed E-state index contributed by atoms with van der Waals surface area (Å²) in [6, 6.07) is 0. The van der Waals surface area contributed by atoms with Crippen LogP contribution in [-0.4, -0.2) is 9.97 Å². The smallest absolute Gasteiger partial charge is 0.0851 e. The second-order valence-corrected chi connectivity index (χ2v) is 4.75. The van der Waals surface area contributed by atoms with Crippen molar-refractivity contribution < 1.29 is 0 Å². The minimum absolute atomic E-state index is 0.482. The standard InChI is InChI=1S/C12H14N2/c1-8-7-13-10-5-9(6-11(10)14-8)12(2)3-4-12/h6-7H,3-5H2,1-2H3. The molecular formula is C12H14N2. The lowest BCUT2D eigenvalue weighted by Crippen LogP contribution is -1.99. The Kier molecular flexibility index (Phi) is 1.42.